The maximum atomic E-state index is 13.3. The molecular formula is C15H13FN6O. The van der Waals surface area contributed by atoms with Gasteiger partial charge in [0.25, 0.3) is 5.91 Å². The molecular weight excluding hydrogens is 299 g/mol. The van der Waals surface area contributed by atoms with E-state index in [4.69, 9.17) is 5.73 Å². The first-order valence-electron chi connectivity index (χ1n) is 6.71. The monoisotopic (exact) mass is 312 g/mol. The van der Waals surface area contributed by atoms with Crippen LogP contribution in [0.25, 0.3) is 5.95 Å². The summed E-state index contributed by atoms with van der Waals surface area (Å²) in [5, 5.41) is 0. The van der Waals surface area contributed by atoms with E-state index in [-0.39, 0.29) is 17.5 Å². The quantitative estimate of drug-likeness (QED) is 0.794. The number of carbonyl (C=O) groups excluding carboxylic acids is 1. The van der Waals surface area contributed by atoms with E-state index in [0.717, 1.165) is 0 Å². The van der Waals surface area contributed by atoms with Gasteiger partial charge in [-0.05, 0) is 18.2 Å². The number of aromatic nitrogens is 4. The summed E-state index contributed by atoms with van der Waals surface area (Å²) in [6, 6.07) is 7.10. The standard InChI is InChI=1S/C15H13FN6O/c1-21(11-4-2-3-10(16)7-11)14(23)12-8-13(17)20-15(19-12)22-6-5-18-9-22/h2-9H,1H3,(H2,17,19,20). The molecule has 0 saturated carbocycles. The molecule has 8 heteroatoms. The molecule has 0 saturated heterocycles. The smallest absolute Gasteiger partial charge is 0.276 e. The van der Waals surface area contributed by atoms with Crippen LogP contribution in [-0.4, -0.2) is 32.5 Å². The minimum Gasteiger partial charge on any atom is -0.384 e. The Morgan fingerprint density at radius 1 is 1.30 bits per heavy atom. The number of anilines is 2. The summed E-state index contributed by atoms with van der Waals surface area (Å²) in [4.78, 5) is 26.0. The van der Waals surface area contributed by atoms with Gasteiger partial charge >= 0.3 is 0 Å². The van der Waals surface area contributed by atoms with Crippen LogP contribution in [0.1, 0.15) is 10.5 Å². The first-order chi connectivity index (χ1) is 11.0. The van der Waals surface area contributed by atoms with Crippen molar-refractivity contribution in [2.45, 2.75) is 0 Å². The first-order valence-corrected chi connectivity index (χ1v) is 6.71. The third-order valence-electron chi connectivity index (χ3n) is 3.19. The zero-order chi connectivity index (χ0) is 16.4. The fourth-order valence-corrected chi connectivity index (χ4v) is 2.03. The molecule has 0 aliphatic rings. The van der Waals surface area contributed by atoms with Gasteiger partial charge < -0.3 is 10.6 Å². The average Bonchev–Trinajstić information content (AvgIpc) is 3.07. The van der Waals surface area contributed by atoms with Gasteiger partial charge in [-0.15, -0.1) is 0 Å². The van der Waals surface area contributed by atoms with Crippen molar-refractivity contribution in [3.8, 4) is 5.95 Å². The summed E-state index contributed by atoms with van der Waals surface area (Å²) in [5.41, 5.74) is 6.27. The van der Waals surface area contributed by atoms with Gasteiger partial charge in [0, 0.05) is 31.2 Å². The number of imidazole rings is 1. The van der Waals surface area contributed by atoms with Gasteiger partial charge in [0.05, 0.1) is 0 Å². The van der Waals surface area contributed by atoms with Crippen molar-refractivity contribution in [2.75, 3.05) is 17.7 Å². The predicted molar refractivity (Wildman–Crippen MR) is 82.7 cm³/mol. The largest absolute Gasteiger partial charge is 0.384 e. The Bertz CT molecular complexity index is 849. The molecule has 116 valence electrons. The fraction of sp³-hybridized carbons (Fsp3) is 0.0667. The highest BCUT2D eigenvalue weighted by molar-refractivity contribution is 6.04. The van der Waals surface area contributed by atoms with Gasteiger partial charge in [-0.2, -0.15) is 4.98 Å². The molecule has 2 N–H and O–H groups in total. The van der Waals surface area contributed by atoms with E-state index in [1.165, 1.54) is 47.1 Å². The molecule has 23 heavy (non-hydrogen) atoms. The molecule has 1 amide bonds. The highest BCUT2D eigenvalue weighted by atomic mass is 19.1. The molecule has 3 rings (SSSR count). The van der Waals surface area contributed by atoms with Crippen molar-refractivity contribution in [3.63, 3.8) is 0 Å². The van der Waals surface area contributed by atoms with Crippen LogP contribution in [0.3, 0.4) is 0 Å². The molecule has 0 spiro atoms. The Morgan fingerprint density at radius 3 is 2.83 bits per heavy atom. The van der Waals surface area contributed by atoms with Crippen LogP contribution < -0.4 is 10.6 Å². The zero-order valence-electron chi connectivity index (χ0n) is 12.2. The highest BCUT2D eigenvalue weighted by Gasteiger charge is 2.17. The summed E-state index contributed by atoms with van der Waals surface area (Å²) in [5.74, 6) is -0.465. The molecule has 0 radical (unpaired) electrons. The lowest BCUT2D eigenvalue weighted by molar-refractivity contribution is 0.0988. The maximum absolute atomic E-state index is 13.3. The molecule has 1 aromatic carbocycles. The Labute approximate surface area is 131 Å². The van der Waals surface area contributed by atoms with Gasteiger partial charge in [0.15, 0.2) is 0 Å². The molecule has 2 heterocycles. The molecule has 0 bridgehead atoms. The lowest BCUT2D eigenvalue weighted by Crippen LogP contribution is -2.28. The SMILES string of the molecule is CN(C(=O)c1cc(N)nc(-n2ccnc2)n1)c1cccc(F)c1. The third kappa shape index (κ3) is 3.00. The minimum atomic E-state index is -0.427. The number of nitrogen functional groups attached to an aromatic ring is 1. The van der Waals surface area contributed by atoms with Crippen LogP contribution in [0, 0.1) is 5.82 Å². The maximum Gasteiger partial charge on any atom is 0.276 e. The van der Waals surface area contributed by atoms with Crippen molar-refractivity contribution in [1.29, 1.82) is 0 Å². The zero-order valence-corrected chi connectivity index (χ0v) is 12.2. The van der Waals surface area contributed by atoms with Crippen molar-refractivity contribution in [2.24, 2.45) is 0 Å². The van der Waals surface area contributed by atoms with Crippen LogP contribution in [0.4, 0.5) is 15.9 Å². The van der Waals surface area contributed by atoms with Crippen LogP contribution in [0.15, 0.2) is 49.1 Å². The number of carbonyl (C=O) groups is 1. The molecule has 0 unspecified atom stereocenters. The molecule has 0 atom stereocenters. The Morgan fingerprint density at radius 2 is 2.13 bits per heavy atom. The van der Waals surface area contributed by atoms with Gasteiger partial charge in [-0.25, -0.2) is 14.4 Å². The Hall–Kier alpha value is -3.29. The fourth-order valence-electron chi connectivity index (χ4n) is 2.03. The van der Waals surface area contributed by atoms with Crippen molar-refractivity contribution in [1.82, 2.24) is 19.5 Å². The lowest BCUT2D eigenvalue weighted by Gasteiger charge is -2.17. The summed E-state index contributed by atoms with van der Waals surface area (Å²) >= 11 is 0. The van der Waals surface area contributed by atoms with E-state index in [1.54, 1.807) is 18.5 Å². The highest BCUT2D eigenvalue weighted by Crippen LogP contribution is 2.17. The van der Waals surface area contributed by atoms with Gasteiger partial charge in [-0.3, -0.25) is 9.36 Å². The number of nitrogens with two attached hydrogens (primary N) is 1. The summed E-state index contributed by atoms with van der Waals surface area (Å²) in [7, 11) is 1.53. The molecule has 0 aliphatic heterocycles. The van der Waals surface area contributed by atoms with Gasteiger partial charge in [0.1, 0.15) is 23.7 Å². The molecule has 0 fully saturated rings. The second-order valence-electron chi connectivity index (χ2n) is 4.79. The number of hydrogen-bond acceptors (Lipinski definition) is 5. The van der Waals surface area contributed by atoms with Crippen LogP contribution in [0.5, 0.6) is 0 Å². The second-order valence-corrected chi connectivity index (χ2v) is 4.79. The van der Waals surface area contributed by atoms with Crippen LogP contribution >= 0.6 is 0 Å². The van der Waals surface area contributed by atoms with E-state index in [9.17, 15) is 9.18 Å². The predicted octanol–water partition coefficient (Wildman–Crippen LogP) is 1.66. The molecule has 3 aromatic rings. The summed E-state index contributed by atoms with van der Waals surface area (Å²) in [6.07, 6.45) is 4.70. The second kappa shape index (κ2) is 5.84. The van der Waals surface area contributed by atoms with E-state index in [0.29, 0.717) is 5.69 Å². The van der Waals surface area contributed by atoms with E-state index in [2.05, 4.69) is 15.0 Å². The van der Waals surface area contributed by atoms with Crippen LogP contribution in [0.2, 0.25) is 0 Å². The van der Waals surface area contributed by atoms with Gasteiger partial charge in [0.2, 0.25) is 5.95 Å². The lowest BCUT2D eigenvalue weighted by atomic mass is 10.2. The van der Waals surface area contributed by atoms with Crippen molar-refractivity contribution < 1.29 is 9.18 Å². The number of halogens is 1. The molecule has 0 aliphatic carbocycles. The van der Waals surface area contributed by atoms with Crippen molar-refractivity contribution >= 4 is 17.4 Å². The summed E-state index contributed by atoms with van der Waals surface area (Å²) < 4.78 is 14.9. The normalized spacial score (nSPS) is 10.5. The first kappa shape index (κ1) is 14.6. The van der Waals surface area contributed by atoms with E-state index < -0.39 is 11.7 Å². The van der Waals surface area contributed by atoms with E-state index >= 15 is 0 Å². The third-order valence-corrected chi connectivity index (χ3v) is 3.19. The van der Waals surface area contributed by atoms with Crippen LogP contribution in [-0.2, 0) is 0 Å². The van der Waals surface area contributed by atoms with Crippen molar-refractivity contribution in [3.05, 3.63) is 60.6 Å². The Balaban J connectivity index is 1.96. The number of amides is 1. The number of benzene rings is 1. The molecule has 2 aromatic heterocycles. The number of rotatable bonds is 3. The summed E-state index contributed by atoms with van der Waals surface area (Å²) in [6.45, 7) is 0. The number of nitrogens with zero attached hydrogens (tertiary/aromatic N) is 5. The average molecular weight is 312 g/mol. The Kier molecular flexibility index (Phi) is 3.71. The minimum absolute atomic E-state index is 0.105. The topological polar surface area (TPSA) is 89.9 Å². The van der Waals surface area contributed by atoms with Gasteiger partial charge in [-0.1, -0.05) is 6.07 Å². The number of hydrogen-bond donors (Lipinski definition) is 1. The van der Waals surface area contributed by atoms with E-state index in [1.807, 2.05) is 0 Å². The molecule has 7 nitrogen and oxygen atoms in total.